The molecule has 1 aromatic heterocycles. The highest BCUT2D eigenvalue weighted by Crippen LogP contribution is 2.27. The van der Waals surface area contributed by atoms with E-state index in [0.29, 0.717) is 17.1 Å². The Bertz CT molecular complexity index is 1220. The number of nitrogens with zero attached hydrogens (tertiary/aromatic N) is 3. The van der Waals surface area contributed by atoms with Gasteiger partial charge in [0.05, 0.1) is 5.56 Å². The Balaban J connectivity index is 1.77. The van der Waals surface area contributed by atoms with E-state index in [1.54, 1.807) is 33.5 Å². The fourth-order valence-corrected chi connectivity index (χ4v) is 3.08. The van der Waals surface area contributed by atoms with Crippen LogP contribution in [0.5, 0.6) is 0 Å². The number of aromatic nitrogens is 3. The van der Waals surface area contributed by atoms with Gasteiger partial charge in [0.1, 0.15) is 11.4 Å². The lowest BCUT2D eigenvalue weighted by Crippen LogP contribution is -2.49. The summed E-state index contributed by atoms with van der Waals surface area (Å²) < 4.78 is 20.9. The lowest BCUT2D eigenvalue weighted by Gasteiger charge is -2.33. The minimum absolute atomic E-state index is 0.237. The highest BCUT2D eigenvalue weighted by atomic mass is 19.1. The summed E-state index contributed by atoms with van der Waals surface area (Å²) in [7, 11) is 1.55. The van der Waals surface area contributed by atoms with Crippen LogP contribution in [0.3, 0.4) is 0 Å². The van der Waals surface area contributed by atoms with Gasteiger partial charge in [-0.15, -0.1) is 0 Å². The van der Waals surface area contributed by atoms with Gasteiger partial charge in [0, 0.05) is 25.0 Å². The first kappa shape index (κ1) is 23.7. The monoisotopic (exact) mass is 455 g/mol. The van der Waals surface area contributed by atoms with Crippen molar-refractivity contribution in [2.75, 3.05) is 0 Å². The van der Waals surface area contributed by atoms with Gasteiger partial charge in [-0.25, -0.2) is 19.3 Å². The Hall–Kier alpha value is -3.42. The molecular weight excluding hydrogens is 428 g/mol. The van der Waals surface area contributed by atoms with Gasteiger partial charge < -0.3 is 9.76 Å². The van der Waals surface area contributed by atoms with Crippen LogP contribution in [0.25, 0.3) is 34.2 Å². The smallest absolute Gasteiger partial charge is 0.331 e. The van der Waals surface area contributed by atoms with Crippen LogP contribution in [0.2, 0.25) is 0 Å². The zero-order valence-corrected chi connectivity index (χ0v) is 19.7. The zero-order chi connectivity index (χ0) is 24.3. The minimum Gasteiger partial charge on any atom is -0.439 e. The van der Waals surface area contributed by atoms with Gasteiger partial charge in [-0.3, -0.25) is 0 Å². The van der Waals surface area contributed by atoms with E-state index < -0.39 is 17.0 Å². The molecule has 4 rings (SSSR count). The molecule has 1 heterocycles. The van der Waals surface area contributed by atoms with E-state index >= 15 is 4.39 Å². The Kier molecular flexibility index (Phi) is 6.59. The predicted molar refractivity (Wildman–Crippen MR) is 134 cm³/mol. The molecule has 0 aliphatic heterocycles. The van der Waals surface area contributed by atoms with Gasteiger partial charge >= 0.3 is 7.48 Å². The second kappa shape index (κ2) is 9.45. The summed E-state index contributed by atoms with van der Waals surface area (Å²) in [5.41, 5.74) is 0.961. The zero-order valence-electron chi connectivity index (χ0n) is 19.7. The largest absolute Gasteiger partial charge is 0.439 e. The van der Waals surface area contributed by atoms with Crippen molar-refractivity contribution in [3.05, 3.63) is 84.7 Å². The quantitative estimate of drug-likeness (QED) is 0.303. The molecule has 0 saturated carbocycles. The first-order valence-corrected chi connectivity index (χ1v) is 11.1. The number of halogens is 1. The third kappa shape index (κ3) is 5.21. The summed E-state index contributed by atoms with van der Waals surface area (Å²) in [6.07, 6.45) is 0. The van der Waals surface area contributed by atoms with E-state index in [-0.39, 0.29) is 11.4 Å². The highest BCUT2D eigenvalue weighted by molar-refractivity contribution is 6.47. The molecule has 0 aliphatic carbocycles. The topological polar surface area (TPSA) is 70.8 Å². The molecule has 0 unspecified atom stereocenters. The SMILES string of the molecule is CC(C)([OH2+])C(C)(C)O[B]c1ccc(F)c(-c2nc(-c3ccccc3)nc(-c3ccccc3)n2)c1. The van der Waals surface area contributed by atoms with Crippen molar-refractivity contribution in [1.82, 2.24) is 15.0 Å². The third-order valence-electron chi connectivity index (χ3n) is 5.93. The van der Waals surface area contributed by atoms with Crippen molar-refractivity contribution >= 4 is 12.9 Å². The first-order valence-electron chi connectivity index (χ1n) is 11.1. The third-order valence-corrected chi connectivity index (χ3v) is 5.93. The Labute approximate surface area is 200 Å². The molecule has 0 amide bonds. The Morgan fingerprint density at radius 1 is 0.735 bits per heavy atom. The molecule has 3 aromatic carbocycles. The van der Waals surface area contributed by atoms with Gasteiger partial charge in [0.25, 0.3) is 0 Å². The fraction of sp³-hybridized carbons (Fsp3) is 0.222. The molecule has 34 heavy (non-hydrogen) atoms. The van der Waals surface area contributed by atoms with E-state index in [1.165, 1.54) is 6.07 Å². The maximum Gasteiger partial charge on any atom is 0.331 e. The van der Waals surface area contributed by atoms with Crippen LogP contribution >= 0.6 is 0 Å². The summed E-state index contributed by atoms with van der Waals surface area (Å²) >= 11 is 0. The molecule has 7 heteroatoms. The molecule has 2 N–H and O–H groups in total. The highest BCUT2D eigenvalue weighted by Gasteiger charge is 2.40. The predicted octanol–water partition coefficient (Wildman–Crippen LogP) is 4.55. The second-order valence-corrected chi connectivity index (χ2v) is 9.15. The van der Waals surface area contributed by atoms with Crippen LogP contribution in [0.4, 0.5) is 4.39 Å². The molecular formula is C27H27BFN3O2+. The Morgan fingerprint density at radius 3 is 1.74 bits per heavy atom. The summed E-state index contributed by atoms with van der Waals surface area (Å²) in [4.78, 5) is 13.9. The average molecular weight is 455 g/mol. The van der Waals surface area contributed by atoms with E-state index in [4.69, 9.17) is 9.76 Å². The lowest BCUT2D eigenvalue weighted by molar-refractivity contribution is -0.0893. The number of hydrogen-bond donors (Lipinski definition) is 0. The van der Waals surface area contributed by atoms with Crippen LogP contribution in [0, 0.1) is 5.82 Å². The number of rotatable bonds is 7. The molecule has 0 spiro atoms. The molecule has 5 nitrogen and oxygen atoms in total. The van der Waals surface area contributed by atoms with E-state index in [1.807, 2.05) is 74.5 Å². The van der Waals surface area contributed by atoms with Gasteiger partial charge in [-0.05, 0) is 19.9 Å². The van der Waals surface area contributed by atoms with E-state index in [2.05, 4.69) is 15.0 Å². The van der Waals surface area contributed by atoms with Gasteiger partial charge in [-0.1, -0.05) is 78.3 Å². The van der Waals surface area contributed by atoms with Gasteiger partial charge in [0.2, 0.25) is 0 Å². The molecule has 0 fully saturated rings. The summed E-state index contributed by atoms with van der Waals surface area (Å²) in [5.74, 6) is 0.722. The van der Waals surface area contributed by atoms with Crippen molar-refractivity contribution in [3.8, 4) is 34.2 Å². The number of benzene rings is 3. The van der Waals surface area contributed by atoms with Crippen LogP contribution in [-0.2, 0) is 4.65 Å². The standard InChI is InChI=1S/C27H26BFN3O2/c1-26(2,33)27(3,4)34-28-20-15-16-22(29)21(17-20)25-31-23(18-11-7-5-8-12-18)30-24(32-25)19-13-9-6-10-14-19/h5-17,33H,1-4H3/p+1. The molecule has 0 saturated heterocycles. The van der Waals surface area contributed by atoms with E-state index in [0.717, 1.165) is 11.1 Å². The summed E-state index contributed by atoms with van der Waals surface area (Å²) in [5, 5.41) is 8.29. The Morgan fingerprint density at radius 2 is 1.24 bits per heavy atom. The summed E-state index contributed by atoms with van der Waals surface area (Å²) in [6.45, 7) is 7.28. The second-order valence-electron chi connectivity index (χ2n) is 9.15. The first-order chi connectivity index (χ1) is 16.1. The van der Waals surface area contributed by atoms with Crippen molar-refractivity contribution in [2.24, 2.45) is 0 Å². The van der Waals surface area contributed by atoms with Crippen molar-refractivity contribution in [3.63, 3.8) is 0 Å². The normalized spacial score (nSPS) is 11.9. The van der Waals surface area contributed by atoms with Gasteiger partial charge in [-0.2, -0.15) is 0 Å². The maximum absolute atomic E-state index is 15.0. The van der Waals surface area contributed by atoms with Crippen LogP contribution in [0.15, 0.2) is 78.9 Å². The average Bonchev–Trinajstić information content (AvgIpc) is 2.83. The molecule has 0 atom stereocenters. The lowest BCUT2D eigenvalue weighted by atomic mass is 9.82. The minimum atomic E-state index is -0.824. The molecule has 1 radical (unpaired) electrons. The van der Waals surface area contributed by atoms with Crippen LogP contribution in [-0.4, -0.2) is 38.7 Å². The molecule has 4 aromatic rings. The van der Waals surface area contributed by atoms with E-state index in [9.17, 15) is 0 Å². The maximum atomic E-state index is 15.0. The number of hydrogen-bond acceptors (Lipinski definition) is 4. The molecule has 0 bridgehead atoms. The van der Waals surface area contributed by atoms with Crippen LogP contribution in [0.1, 0.15) is 27.7 Å². The van der Waals surface area contributed by atoms with Crippen LogP contribution < -0.4 is 5.46 Å². The molecule has 0 aliphatic rings. The van der Waals surface area contributed by atoms with Crippen molar-refractivity contribution in [1.29, 1.82) is 0 Å². The molecule has 171 valence electrons. The van der Waals surface area contributed by atoms with Crippen molar-refractivity contribution in [2.45, 2.75) is 38.9 Å². The van der Waals surface area contributed by atoms with Crippen molar-refractivity contribution < 1.29 is 14.2 Å². The fourth-order valence-electron chi connectivity index (χ4n) is 3.08. The van der Waals surface area contributed by atoms with Gasteiger partial charge in [0.15, 0.2) is 23.1 Å². The summed E-state index contributed by atoms with van der Waals surface area (Å²) in [6, 6.07) is 23.8.